The molecule has 3 aromatic carbocycles. The van der Waals surface area contributed by atoms with Crippen molar-refractivity contribution in [2.24, 2.45) is 0 Å². The van der Waals surface area contributed by atoms with E-state index in [0.717, 1.165) is 46.5 Å². The van der Waals surface area contributed by atoms with Gasteiger partial charge < -0.3 is 19.5 Å². The lowest BCUT2D eigenvalue weighted by Crippen LogP contribution is -2.28. The number of ether oxygens (including phenoxy) is 3. The predicted molar refractivity (Wildman–Crippen MR) is 151 cm³/mol. The molecule has 4 aromatic rings. The second-order valence-electron chi connectivity index (χ2n) is 10.5. The van der Waals surface area contributed by atoms with Gasteiger partial charge in [-0.3, -0.25) is 4.57 Å². The minimum atomic E-state index is -0.557. The smallest absolute Gasteiger partial charge is 0.418 e. The minimum Gasteiger partial charge on any atom is -0.493 e. The molecule has 1 aromatic heterocycles. The highest BCUT2D eigenvalue weighted by Crippen LogP contribution is 2.36. The second-order valence-corrected chi connectivity index (χ2v) is 10.5. The van der Waals surface area contributed by atoms with E-state index in [-0.39, 0.29) is 12.1 Å². The largest absolute Gasteiger partial charge is 0.493 e. The van der Waals surface area contributed by atoms with Gasteiger partial charge in [0.25, 0.3) is 0 Å². The van der Waals surface area contributed by atoms with Crippen molar-refractivity contribution in [2.75, 3.05) is 13.7 Å². The van der Waals surface area contributed by atoms with Gasteiger partial charge in [0.1, 0.15) is 12.2 Å². The molecule has 1 atom stereocenters. The molecule has 0 saturated heterocycles. The maximum Gasteiger partial charge on any atom is 0.418 e. The number of nitrogens with zero attached hydrogens (tertiary/aromatic N) is 1. The van der Waals surface area contributed by atoms with Gasteiger partial charge in [0.05, 0.1) is 18.7 Å². The summed E-state index contributed by atoms with van der Waals surface area (Å²) in [5.41, 5.74) is 4.84. The quantitative estimate of drug-likeness (QED) is 0.305. The molecule has 1 aliphatic rings. The molecular formula is C32H34N2O4. The number of methoxy groups -OCH3 is 1. The molecule has 6 nitrogen and oxygen atoms in total. The third-order valence-electron chi connectivity index (χ3n) is 6.58. The summed E-state index contributed by atoms with van der Waals surface area (Å²) in [5.74, 6) is 1.48. The van der Waals surface area contributed by atoms with Gasteiger partial charge in [0, 0.05) is 18.1 Å². The summed E-state index contributed by atoms with van der Waals surface area (Å²) in [7, 11) is 1.67. The van der Waals surface area contributed by atoms with Crippen LogP contribution < -0.4 is 14.8 Å². The van der Waals surface area contributed by atoms with Gasteiger partial charge >= 0.3 is 6.09 Å². The van der Waals surface area contributed by atoms with Crippen LogP contribution in [0, 0.1) is 0 Å². The first-order valence-corrected chi connectivity index (χ1v) is 12.9. The van der Waals surface area contributed by atoms with E-state index in [4.69, 9.17) is 14.2 Å². The van der Waals surface area contributed by atoms with Crippen molar-refractivity contribution in [3.05, 3.63) is 101 Å². The Morgan fingerprint density at radius 1 is 1.05 bits per heavy atom. The van der Waals surface area contributed by atoms with Crippen LogP contribution in [-0.2, 0) is 17.8 Å². The van der Waals surface area contributed by atoms with E-state index in [1.54, 1.807) is 17.9 Å². The van der Waals surface area contributed by atoms with Crippen molar-refractivity contribution >= 4 is 23.1 Å². The molecule has 2 heterocycles. The number of rotatable bonds is 6. The average Bonchev–Trinajstić information content (AvgIpc) is 3.35. The molecule has 0 aliphatic carbocycles. The Bertz CT molecular complexity index is 1460. The molecule has 0 saturated carbocycles. The van der Waals surface area contributed by atoms with Crippen LogP contribution in [-0.4, -0.2) is 29.9 Å². The van der Waals surface area contributed by atoms with Crippen LogP contribution in [0.2, 0.25) is 0 Å². The van der Waals surface area contributed by atoms with E-state index in [2.05, 4.69) is 47.8 Å². The molecule has 0 amide bonds. The van der Waals surface area contributed by atoms with Crippen LogP contribution in [0.3, 0.4) is 0 Å². The standard InChI is InChI=1S/C32H34N2O4/c1-32(2,3)38-31(35)34-18-16-25-23(11-8-12-28(25)34)13-14-27-26-20-29(36-4)30(19-24(26)15-17-33-27)37-21-22-9-6-5-7-10-22/h5-14,16,18-20,27,33H,15,17,21H2,1-4H3/b14-13+. The van der Waals surface area contributed by atoms with Crippen molar-refractivity contribution in [3.8, 4) is 11.5 Å². The molecule has 0 spiro atoms. The molecule has 0 radical (unpaired) electrons. The first-order valence-electron chi connectivity index (χ1n) is 12.9. The van der Waals surface area contributed by atoms with E-state index in [0.29, 0.717) is 6.61 Å². The van der Waals surface area contributed by atoms with Crippen LogP contribution in [0.25, 0.3) is 17.0 Å². The minimum absolute atomic E-state index is 0.0269. The Labute approximate surface area is 223 Å². The van der Waals surface area contributed by atoms with E-state index in [1.807, 2.05) is 57.2 Å². The fourth-order valence-electron chi connectivity index (χ4n) is 4.78. The monoisotopic (exact) mass is 510 g/mol. The zero-order valence-electron chi connectivity index (χ0n) is 22.4. The number of fused-ring (bicyclic) bond motifs is 2. The highest BCUT2D eigenvalue weighted by Gasteiger charge is 2.22. The molecule has 1 aliphatic heterocycles. The molecule has 0 bridgehead atoms. The van der Waals surface area contributed by atoms with E-state index >= 15 is 0 Å². The van der Waals surface area contributed by atoms with E-state index in [1.165, 1.54) is 11.1 Å². The number of hydrogen-bond acceptors (Lipinski definition) is 5. The third kappa shape index (κ3) is 5.60. The summed E-state index contributed by atoms with van der Waals surface area (Å²) in [6.07, 6.45) is 6.59. The predicted octanol–water partition coefficient (Wildman–Crippen LogP) is 6.91. The van der Waals surface area contributed by atoms with Crippen molar-refractivity contribution in [1.82, 2.24) is 9.88 Å². The van der Waals surface area contributed by atoms with Crippen LogP contribution in [0.15, 0.2) is 79.0 Å². The van der Waals surface area contributed by atoms with Crippen molar-refractivity contribution in [1.29, 1.82) is 0 Å². The van der Waals surface area contributed by atoms with Crippen LogP contribution in [0.1, 0.15) is 49.1 Å². The highest BCUT2D eigenvalue weighted by molar-refractivity contribution is 5.94. The maximum atomic E-state index is 12.7. The Hall–Kier alpha value is -4.03. The van der Waals surface area contributed by atoms with Gasteiger partial charge in [0.15, 0.2) is 11.5 Å². The van der Waals surface area contributed by atoms with Gasteiger partial charge in [-0.15, -0.1) is 0 Å². The van der Waals surface area contributed by atoms with Crippen LogP contribution >= 0.6 is 0 Å². The normalized spacial score (nSPS) is 15.4. The van der Waals surface area contributed by atoms with Crippen molar-refractivity contribution in [2.45, 2.75) is 45.4 Å². The summed E-state index contributed by atoms with van der Waals surface area (Å²) in [6.45, 7) is 6.96. The lowest BCUT2D eigenvalue weighted by Gasteiger charge is -2.26. The Morgan fingerprint density at radius 3 is 2.63 bits per heavy atom. The zero-order chi connectivity index (χ0) is 26.7. The summed E-state index contributed by atoms with van der Waals surface area (Å²) >= 11 is 0. The molecule has 5 rings (SSSR count). The highest BCUT2D eigenvalue weighted by atomic mass is 16.6. The lowest BCUT2D eigenvalue weighted by molar-refractivity contribution is 0.0544. The number of nitrogens with one attached hydrogen (secondary N) is 1. The van der Waals surface area contributed by atoms with Crippen molar-refractivity contribution in [3.63, 3.8) is 0 Å². The number of benzene rings is 3. The molecule has 1 N–H and O–H groups in total. The lowest BCUT2D eigenvalue weighted by atomic mass is 9.92. The number of aromatic nitrogens is 1. The first kappa shape index (κ1) is 25.6. The molecular weight excluding hydrogens is 476 g/mol. The molecule has 38 heavy (non-hydrogen) atoms. The molecule has 0 fully saturated rings. The Kier molecular flexibility index (Phi) is 7.25. The van der Waals surface area contributed by atoms with Crippen LogP contribution in [0.4, 0.5) is 4.79 Å². The molecule has 1 unspecified atom stereocenters. The average molecular weight is 511 g/mol. The Balaban J connectivity index is 1.39. The first-order chi connectivity index (χ1) is 18.3. The van der Waals surface area contributed by atoms with Crippen molar-refractivity contribution < 1.29 is 19.0 Å². The van der Waals surface area contributed by atoms with E-state index < -0.39 is 5.60 Å². The van der Waals surface area contributed by atoms with Crippen LogP contribution in [0.5, 0.6) is 11.5 Å². The maximum absolute atomic E-state index is 12.7. The SMILES string of the molecule is COc1cc2c(cc1OCc1ccccc1)CCNC2/C=C/c1cccc2c1ccn2C(=O)OC(C)(C)C. The van der Waals surface area contributed by atoms with E-state index in [9.17, 15) is 4.79 Å². The van der Waals surface area contributed by atoms with Gasteiger partial charge in [-0.1, -0.05) is 54.6 Å². The second kappa shape index (κ2) is 10.8. The van der Waals surface area contributed by atoms with Gasteiger partial charge in [0.2, 0.25) is 0 Å². The summed E-state index contributed by atoms with van der Waals surface area (Å²) in [4.78, 5) is 12.7. The molecule has 6 heteroatoms. The van der Waals surface area contributed by atoms with Gasteiger partial charge in [-0.05, 0) is 73.7 Å². The van der Waals surface area contributed by atoms with Gasteiger partial charge in [-0.2, -0.15) is 0 Å². The number of hydrogen-bond donors (Lipinski definition) is 1. The fourth-order valence-corrected chi connectivity index (χ4v) is 4.78. The fraction of sp³-hybridized carbons (Fsp3) is 0.281. The van der Waals surface area contributed by atoms with Gasteiger partial charge in [-0.25, -0.2) is 4.79 Å². The third-order valence-corrected chi connectivity index (χ3v) is 6.58. The topological polar surface area (TPSA) is 61.7 Å². The Morgan fingerprint density at radius 2 is 1.87 bits per heavy atom. The summed E-state index contributed by atoms with van der Waals surface area (Å²) in [5, 5.41) is 4.60. The number of carbonyl (C=O) groups is 1. The summed E-state index contributed by atoms with van der Waals surface area (Å²) in [6, 6.07) is 22.3. The molecule has 196 valence electrons. The number of carbonyl (C=O) groups excluding carboxylic acids is 1. The zero-order valence-corrected chi connectivity index (χ0v) is 22.4. The summed E-state index contributed by atoms with van der Waals surface area (Å²) < 4.78 is 19.0.